The molecule has 0 bridgehead atoms. The molecule has 1 rings (SSSR count). The molecule has 0 fully saturated rings. The number of ether oxygens (including phenoxy) is 1. The first kappa shape index (κ1) is 14.5. The van der Waals surface area contributed by atoms with E-state index in [1.165, 1.54) is 7.11 Å². The van der Waals surface area contributed by atoms with Gasteiger partial charge in [-0.25, -0.2) is 8.42 Å². The van der Waals surface area contributed by atoms with Gasteiger partial charge in [-0.05, 0) is 37.5 Å². The van der Waals surface area contributed by atoms with Crippen molar-refractivity contribution in [2.24, 2.45) is 0 Å². The lowest BCUT2D eigenvalue weighted by molar-refractivity contribution is 0.402. The summed E-state index contributed by atoms with van der Waals surface area (Å²) in [6, 6.07) is 5.21. The Labute approximate surface area is 111 Å². The maximum atomic E-state index is 12.1. The summed E-state index contributed by atoms with van der Waals surface area (Å²) in [6.07, 6.45) is 1.51. The Kier molecular flexibility index (Phi) is 5.46. The maximum absolute atomic E-state index is 12.1. The Balaban J connectivity index is 3.00. The topological polar surface area (TPSA) is 43.4 Å². The van der Waals surface area contributed by atoms with Gasteiger partial charge >= 0.3 is 0 Å². The Hall–Kier alpha value is -0.550. The van der Waals surface area contributed by atoms with Crippen LogP contribution in [0.1, 0.15) is 18.4 Å². The number of benzene rings is 1. The highest BCUT2D eigenvalue weighted by Crippen LogP contribution is 2.26. The molecule has 0 spiro atoms. The quantitative estimate of drug-likeness (QED) is 0.598. The third kappa shape index (κ3) is 4.00. The van der Waals surface area contributed by atoms with Gasteiger partial charge in [0.2, 0.25) is 0 Å². The summed E-state index contributed by atoms with van der Waals surface area (Å²) in [5.41, 5.74) is 0.921. The molecule has 5 heteroatoms. The van der Waals surface area contributed by atoms with Gasteiger partial charge in [-0.15, -0.1) is 0 Å². The number of sulfone groups is 1. The molecule has 0 N–H and O–H groups in total. The lowest BCUT2D eigenvalue weighted by Gasteiger charge is -2.10. The van der Waals surface area contributed by atoms with E-state index in [1.807, 2.05) is 13.0 Å². The average molecular weight is 321 g/mol. The van der Waals surface area contributed by atoms with Crippen LogP contribution in [0.5, 0.6) is 5.75 Å². The van der Waals surface area contributed by atoms with E-state index >= 15 is 0 Å². The number of hydrogen-bond donors (Lipinski definition) is 0. The monoisotopic (exact) mass is 320 g/mol. The summed E-state index contributed by atoms with van der Waals surface area (Å²) < 4.78 is 29.4. The number of alkyl halides is 1. The molecule has 0 amide bonds. The fourth-order valence-corrected chi connectivity index (χ4v) is 3.55. The van der Waals surface area contributed by atoms with E-state index in [4.69, 9.17) is 4.74 Å². The van der Waals surface area contributed by atoms with Crippen LogP contribution < -0.4 is 4.74 Å². The molecule has 0 atom stereocenters. The molecular formula is C12H17BrO3S. The standard InChI is InChI=1S/C12H17BrO3S/c1-10-5-6-11(16-2)12(9-10)17(14,15)8-4-3-7-13/h5-6,9H,3-4,7-8H2,1-2H3. The summed E-state index contributed by atoms with van der Waals surface area (Å²) in [5.74, 6) is 0.591. The van der Waals surface area contributed by atoms with E-state index < -0.39 is 9.84 Å². The van der Waals surface area contributed by atoms with Crippen molar-refractivity contribution in [2.75, 3.05) is 18.2 Å². The number of hydrogen-bond acceptors (Lipinski definition) is 3. The lowest BCUT2D eigenvalue weighted by atomic mass is 10.2. The van der Waals surface area contributed by atoms with Gasteiger partial charge in [0.1, 0.15) is 10.6 Å². The Bertz CT molecular complexity index is 469. The van der Waals surface area contributed by atoms with Crippen molar-refractivity contribution < 1.29 is 13.2 Å². The summed E-state index contributed by atoms with van der Waals surface area (Å²) in [4.78, 5) is 0.301. The highest BCUT2D eigenvalue weighted by molar-refractivity contribution is 9.09. The van der Waals surface area contributed by atoms with Gasteiger partial charge in [0.05, 0.1) is 12.9 Å². The first-order valence-corrected chi connectivity index (χ1v) is 8.22. The number of halogens is 1. The van der Waals surface area contributed by atoms with Gasteiger partial charge in [0.15, 0.2) is 9.84 Å². The maximum Gasteiger partial charge on any atom is 0.182 e. The second-order valence-corrected chi connectivity index (χ2v) is 6.74. The van der Waals surface area contributed by atoms with Crippen molar-refractivity contribution in [3.8, 4) is 5.75 Å². The molecule has 17 heavy (non-hydrogen) atoms. The smallest absolute Gasteiger partial charge is 0.182 e. The molecule has 0 unspecified atom stereocenters. The van der Waals surface area contributed by atoms with Crippen LogP contribution in [0.3, 0.4) is 0 Å². The fourth-order valence-electron chi connectivity index (χ4n) is 1.52. The van der Waals surface area contributed by atoms with Crippen LogP contribution in [-0.4, -0.2) is 26.6 Å². The van der Waals surface area contributed by atoms with Crippen molar-refractivity contribution in [2.45, 2.75) is 24.7 Å². The summed E-state index contributed by atoms with van der Waals surface area (Å²) in [5, 5.41) is 0.827. The first-order valence-electron chi connectivity index (χ1n) is 5.44. The third-order valence-corrected chi connectivity index (χ3v) is 4.83. The number of aryl methyl sites for hydroxylation is 1. The van der Waals surface area contributed by atoms with Crippen LogP contribution in [0.25, 0.3) is 0 Å². The van der Waals surface area contributed by atoms with Gasteiger partial charge in [0.25, 0.3) is 0 Å². The summed E-state index contributed by atoms with van der Waals surface area (Å²) in [7, 11) is -1.76. The van der Waals surface area contributed by atoms with E-state index in [1.54, 1.807) is 12.1 Å². The molecular weight excluding hydrogens is 304 g/mol. The van der Waals surface area contributed by atoms with Crippen molar-refractivity contribution in [1.29, 1.82) is 0 Å². The highest BCUT2D eigenvalue weighted by Gasteiger charge is 2.19. The van der Waals surface area contributed by atoms with E-state index in [2.05, 4.69) is 15.9 Å². The Morgan fingerprint density at radius 2 is 2.00 bits per heavy atom. The van der Waals surface area contributed by atoms with Gasteiger partial charge < -0.3 is 4.74 Å². The minimum Gasteiger partial charge on any atom is -0.495 e. The highest BCUT2D eigenvalue weighted by atomic mass is 79.9. The summed E-state index contributed by atoms with van der Waals surface area (Å²) >= 11 is 3.29. The Morgan fingerprint density at radius 3 is 2.59 bits per heavy atom. The first-order chi connectivity index (χ1) is 8.01. The second-order valence-electron chi connectivity index (χ2n) is 3.87. The minimum atomic E-state index is -3.24. The van der Waals surface area contributed by atoms with E-state index in [0.29, 0.717) is 17.1 Å². The van der Waals surface area contributed by atoms with Crippen LogP contribution in [0.4, 0.5) is 0 Å². The van der Waals surface area contributed by atoms with Gasteiger partial charge in [-0.3, -0.25) is 0 Å². The molecule has 1 aromatic carbocycles. The SMILES string of the molecule is COc1ccc(C)cc1S(=O)(=O)CCCCBr. The van der Waals surface area contributed by atoms with E-state index in [9.17, 15) is 8.42 Å². The number of unbranched alkanes of at least 4 members (excludes halogenated alkanes) is 1. The van der Waals surface area contributed by atoms with E-state index in [-0.39, 0.29) is 5.75 Å². The van der Waals surface area contributed by atoms with Gasteiger partial charge in [-0.2, -0.15) is 0 Å². The predicted molar refractivity (Wildman–Crippen MR) is 72.8 cm³/mol. The molecule has 0 aliphatic rings. The van der Waals surface area contributed by atoms with E-state index in [0.717, 1.165) is 17.3 Å². The normalized spacial score (nSPS) is 11.5. The number of rotatable bonds is 6. The van der Waals surface area contributed by atoms with Gasteiger partial charge in [-0.1, -0.05) is 22.0 Å². The second kappa shape index (κ2) is 6.40. The zero-order chi connectivity index (χ0) is 12.9. The minimum absolute atomic E-state index is 0.165. The van der Waals surface area contributed by atoms with Crippen molar-refractivity contribution in [1.82, 2.24) is 0 Å². The largest absolute Gasteiger partial charge is 0.495 e. The van der Waals surface area contributed by atoms with Crippen molar-refractivity contribution in [3.05, 3.63) is 23.8 Å². The fraction of sp³-hybridized carbons (Fsp3) is 0.500. The Morgan fingerprint density at radius 1 is 1.29 bits per heavy atom. The molecule has 0 aromatic heterocycles. The summed E-state index contributed by atoms with van der Waals surface area (Å²) in [6.45, 7) is 1.87. The molecule has 0 aliphatic carbocycles. The molecule has 1 aromatic rings. The lowest BCUT2D eigenvalue weighted by Crippen LogP contribution is -2.09. The molecule has 0 saturated carbocycles. The predicted octanol–water partition coefficient (Wildman–Crippen LogP) is 2.95. The van der Waals surface area contributed by atoms with Crippen LogP contribution in [0.15, 0.2) is 23.1 Å². The molecule has 0 saturated heterocycles. The molecule has 96 valence electrons. The van der Waals surface area contributed by atoms with Crippen LogP contribution in [0, 0.1) is 6.92 Å². The van der Waals surface area contributed by atoms with Crippen LogP contribution >= 0.6 is 15.9 Å². The molecule has 0 radical (unpaired) electrons. The van der Waals surface area contributed by atoms with Crippen molar-refractivity contribution in [3.63, 3.8) is 0 Å². The zero-order valence-electron chi connectivity index (χ0n) is 10.1. The zero-order valence-corrected chi connectivity index (χ0v) is 12.5. The molecule has 3 nitrogen and oxygen atoms in total. The van der Waals surface area contributed by atoms with Crippen LogP contribution in [-0.2, 0) is 9.84 Å². The average Bonchev–Trinajstić information content (AvgIpc) is 2.29. The van der Waals surface area contributed by atoms with Crippen LogP contribution in [0.2, 0.25) is 0 Å². The van der Waals surface area contributed by atoms with Crippen molar-refractivity contribution >= 4 is 25.8 Å². The third-order valence-electron chi connectivity index (χ3n) is 2.45. The molecule has 0 aliphatic heterocycles. The number of methoxy groups -OCH3 is 1. The molecule has 0 heterocycles. The van der Waals surface area contributed by atoms with Gasteiger partial charge in [0, 0.05) is 5.33 Å².